The Morgan fingerprint density at radius 1 is 1.43 bits per heavy atom. The highest BCUT2D eigenvalue weighted by Gasteiger charge is 2.18. The van der Waals surface area contributed by atoms with Gasteiger partial charge in [0.1, 0.15) is 0 Å². The Hall–Kier alpha value is -0.200. The van der Waals surface area contributed by atoms with Crippen molar-refractivity contribution in [3.63, 3.8) is 0 Å². The van der Waals surface area contributed by atoms with Crippen molar-refractivity contribution in [1.29, 1.82) is 0 Å². The summed E-state index contributed by atoms with van der Waals surface area (Å²) < 4.78 is 25.3. The van der Waals surface area contributed by atoms with Gasteiger partial charge in [-0.3, -0.25) is 0 Å². The molecule has 0 rings (SSSR count). The number of thiocarbonyl (C=S) groups is 1. The van der Waals surface area contributed by atoms with Crippen molar-refractivity contribution < 1.29 is 8.42 Å². The summed E-state index contributed by atoms with van der Waals surface area (Å²) in [5.74, 6) is 0.121. The molecule has 4 nitrogen and oxygen atoms in total. The van der Waals surface area contributed by atoms with E-state index >= 15 is 0 Å². The zero-order valence-corrected chi connectivity index (χ0v) is 10.2. The van der Waals surface area contributed by atoms with Crippen LogP contribution in [-0.2, 0) is 10.0 Å². The number of sulfonamides is 1. The molecule has 0 saturated carbocycles. The summed E-state index contributed by atoms with van der Waals surface area (Å²) in [6.07, 6.45) is 2.08. The fraction of sp³-hybridized carbons (Fsp3) is 0.875. The summed E-state index contributed by atoms with van der Waals surface area (Å²) in [4.78, 5) is 0.214. The summed E-state index contributed by atoms with van der Waals surface area (Å²) in [6, 6.07) is -0.397. The molecular formula is C8H18N2O2S2. The predicted octanol–water partition coefficient (Wildman–Crippen LogP) is 0.771. The summed E-state index contributed by atoms with van der Waals surface area (Å²) in [5, 5.41) is 0. The average Bonchev–Trinajstić information content (AvgIpc) is 2.02. The van der Waals surface area contributed by atoms with E-state index < -0.39 is 16.1 Å². The maximum absolute atomic E-state index is 11.4. The number of nitrogens with one attached hydrogen (secondary N) is 1. The third-order valence-electron chi connectivity index (χ3n) is 1.72. The van der Waals surface area contributed by atoms with Gasteiger partial charge in [0.15, 0.2) is 0 Å². The van der Waals surface area contributed by atoms with E-state index in [9.17, 15) is 8.42 Å². The molecule has 0 aromatic rings. The Kier molecular flexibility index (Phi) is 6.22. The van der Waals surface area contributed by atoms with Gasteiger partial charge in [0, 0.05) is 0 Å². The van der Waals surface area contributed by atoms with Crippen LogP contribution in [0.25, 0.3) is 0 Å². The van der Waals surface area contributed by atoms with Crippen molar-refractivity contribution in [3.05, 3.63) is 0 Å². The molecule has 0 aromatic carbocycles. The standard InChI is InChI=1S/C8H18N2O2S2/c1-3-5-7(8(9)13)10-14(11,12)6-4-2/h7,10H,3-6H2,1-2H3,(H2,9,13). The topological polar surface area (TPSA) is 72.2 Å². The van der Waals surface area contributed by atoms with E-state index in [4.69, 9.17) is 18.0 Å². The molecule has 0 radical (unpaired) electrons. The van der Waals surface area contributed by atoms with Gasteiger partial charge in [-0.15, -0.1) is 0 Å². The first-order valence-electron chi connectivity index (χ1n) is 4.72. The van der Waals surface area contributed by atoms with E-state index in [1.807, 2.05) is 13.8 Å². The fourth-order valence-corrected chi connectivity index (χ4v) is 2.68. The molecule has 0 amide bonds. The largest absolute Gasteiger partial charge is 0.392 e. The fourth-order valence-electron chi connectivity index (χ4n) is 1.09. The SMILES string of the molecule is CCCC(NS(=O)(=O)CCC)C(N)=S. The highest BCUT2D eigenvalue weighted by atomic mass is 32.2. The first-order chi connectivity index (χ1) is 6.43. The Balaban J connectivity index is 4.36. The normalized spacial score (nSPS) is 13.9. The Morgan fingerprint density at radius 2 is 2.00 bits per heavy atom. The summed E-state index contributed by atoms with van der Waals surface area (Å²) in [6.45, 7) is 3.77. The molecule has 0 aliphatic carbocycles. The van der Waals surface area contributed by atoms with E-state index in [2.05, 4.69) is 4.72 Å². The first-order valence-corrected chi connectivity index (χ1v) is 6.78. The summed E-state index contributed by atoms with van der Waals surface area (Å²) >= 11 is 4.79. The maximum Gasteiger partial charge on any atom is 0.212 e. The van der Waals surface area contributed by atoms with E-state index in [0.717, 1.165) is 6.42 Å². The molecule has 0 aliphatic heterocycles. The van der Waals surface area contributed by atoms with E-state index in [-0.39, 0.29) is 10.7 Å². The van der Waals surface area contributed by atoms with Crippen molar-refractivity contribution in [2.24, 2.45) is 5.73 Å². The van der Waals surface area contributed by atoms with Crippen LogP contribution < -0.4 is 10.5 Å². The quantitative estimate of drug-likeness (QED) is 0.643. The van der Waals surface area contributed by atoms with Crippen LogP contribution in [0.5, 0.6) is 0 Å². The molecule has 1 unspecified atom stereocenters. The zero-order valence-electron chi connectivity index (χ0n) is 8.62. The van der Waals surface area contributed by atoms with Crippen LogP contribution in [0.2, 0.25) is 0 Å². The summed E-state index contributed by atoms with van der Waals surface area (Å²) in [7, 11) is -3.22. The van der Waals surface area contributed by atoms with Gasteiger partial charge >= 0.3 is 0 Å². The second kappa shape index (κ2) is 6.31. The molecule has 1 atom stereocenters. The molecule has 0 heterocycles. The lowest BCUT2D eigenvalue weighted by atomic mass is 10.2. The number of rotatable bonds is 7. The second-order valence-corrected chi connectivity index (χ2v) is 5.53. The molecule has 0 aliphatic rings. The Morgan fingerprint density at radius 3 is 2.36 bits per heavy atom. The predicted molar refractivity (Wildman–Crippen MR) is 62.7 cm³/mol. The van der Waals surface area contributed by atoms with Crippen LogP contribution in [0.1, 0.15) is 33.1 Å². The van der Waals surface area contributed by atoms with Crippen LogP contribution in [0.3, 0.4) is 0 Å². The van der Waals surface area contributed by atoms with E-state index in [1.54, 1.807) is 0 Å². The number of hydrogen-bond donors (Lipinski definition) is 2. The van der Waals surface area contributed by atoms with Crippen molar-refractivity contribution >= 4 is 27.2 Å². The van der Waals surface area contributed by atoms with Crippen LogP contribution in [0.15, 0.2) is 0 Å². The first kappa shape index (κ1) is 13.8. The Bertz CT molecular complexity index is 275. The smallest absolute Gasteiger partial charge is 0.212 e. The maximum atomic E-state index is 11.4. The van der Waals surface area contributed by atoms with Crippen LogP contribution >= 0.6 is 12.2 Å². The van der Waals surface area contributed by atoms with Crippen molar-refractivity contribution in [1.82, 2.24) is 4.72 Å². The third kappa shape index (κ3) is 5.51. The van der Waals surface area contributed by atoms with Gasteiger partial charge in [-0.1, -0.05) is 32.5 Å². The molecular weight excluding hydrogens is 220 g/mol. The van der Waals surface area contributed by atoms with Crippen LogP contribution in [0, 0.1) is 0 Å². The van der Waals surface area contributed by atoms with Gasteiger partial charge in [0.05, 0.1) is 16.8 Å². The summed E-state index contributed by atoms with van der Waals surface area (Å²) in [5.41, 5.74) is 5.43. The molecule has 0 saturated heterocycles. The van der Waals surface area contributed by atoms with Gasteiger partial charge < -0.3 is 5.73 Å². The number of nitrogens with two attached hydrogens (primary N) is 1. The Labute approximate surface area is 91.3 Å². The molecule has 14 heavy (non-hydrogen) atoms. The van der Waals surface area contributed by atoms with Crippen molar-refractivity contribution in [2.75, 3.05) is 5.75 Å². The van der Waals surface area contributed by atoms with Crippen molar-refractivity contribution in [2.45, 2.75) is 39.2 Å². The molecule has 3 N–H and O–H groups in total. The van der Waals surface area contributed by atoms with E-state index in [0.29, 0.717) is 12.8 Å². The van der Waals surface area contributed by atoms with Crippen LogP contribution in [-0.4, -0.2) is 25.2 Å². The number of hydrogen-bond acceptors (Lipinski definition) is 3. The second-order valence-electron chi connectivity index (χ2n) is 3.18. The van der Waals surface area contributed by atoms with Gasteiger partial charge in [0.2, 0.25) is 10.0 Å². The van der Waals surface area contributed by atoms with Gasteiger partial charge in [-0.05, 0) is 12.8 Å². The minimum atomic E-state index is -3.22. The monoisotopic (exact) mass is 238 g/mol. The molecule has 0 fully saturated rings. The third-order valence-corrected chi connectivity index (χ3v) is 3.59. The molecule has 6 heteroatoms. The molecule has 84 valence electrons. The average molecular weight is 238 g/mol. The minimum absolute atomic E-state index is 0.121. The zero-order chi connectivity index (χ0) is 11.2. The minimum Gasteiger partial charge on any atom is -0.392 e. The van der Waals surface area contributed by atoms with Gasteiger partial charge in [-0.2, -0.15) is 0 Å². The lowest BCUT2D eigenvalue weighted by Crippen LogP contribution is -2.44. The molecule has 0 bridgehead atoms. The van der Waals surface area contributed by atoms with Crippen LogP contribution in [0.4, 0.5) is 0 Å². The lowest BCUT2D eigenvalue weighted by molar-refractivity contribution is 0.566. The van der Waals surface area contributed by atoms with Crippen molar-refractivity contribution in [3.8, 4) is 0 Å². The van der Waals surface area contributed by atoms with E-state index in [1.165, 1.54) is 0 Å². The highest BCUT2D eigenvalue weighted by Crippen LogP contribution is 2.00. The van der Waals surface area contributed by atoms with Gasteiger partial charge in [-0.25, -0.2) is 13.1 Å². The highest BCUT2D eigenvalue weighted by molar-refractivity contribution is 7.89. The van der Waals surface area contributed by atoms with Gasteiger partial charge in [0.25, 0.3) is 0 Å². The molecule has 0 aromatic heterocycles. The molecule has 0 spiro atoms. The lowest BCUT2D eigenvalue weighted by Gasteiger charge is -2.16.